The molecule has 2 aromatic rings. The predicted molar refractivity (Wildman–Crippen MR) is 67.9 cm³/mol. The number of hydrogen-bond acceptors (Lipinski definition) is 5. The highest BCUT2D eigenvalue weighted by molar-refractivity contribution is 5.29. The van der Waals surface area contributed by atoms with Crippen molar-refractivity contribution in [3.63, 3.8) is 0 Å². The molecule has 5 heteroatoms. The Morgan fingerprint density at radius 2 is 1.94 bits per heavy atom. The molecule has 0 aliphatic carbocycles. The molecule has 1 aromatic heterocycles. The van der Waals surface area contributed by atoms with Gasteiger partial charge < -0.3 is 14.8 Å². The minimum absolute atomic E-state index is 0.274. The van der Waals surface area contributed by atoms with Crippen molar-refractivity contribution < 1.29 is 9.47 Å². The first-order valence-electron chi connectivity index (χ1n) is 5.60. The summed E-state index contributed by atoms with van der Waals surface area (Å²) in [6.45, 7) is 0.829. The maximum atomic E-state index is 5.53. The van der Waals surface area contributed by atoms with Crippen LogP contribution in [0.25, 0.3) is 0 Å². The Bertz CT molecular complexity index is 500. The Morgan fingerprint density at radius 1 is 1.17 bits per heavy atom. The van der Waals surface area contributed by atoms with E-state index in [9.17, 15) is 0 Å². The molecule has 0 saturated heterocycles. The fraction of sp³-hybridized carbons (Fsp3) is 0.231. The first-order chi connectivity index (χ1) is 8.81. The highest BCUT2D eigenvalue weighted by atomic mass is 16.5. The van der Waals surface area contributed by atoms with Gasteiger partial charge in [-0.1, -0.05) is 12.1 Å². The second kappa shape index (κ2) is 5.97. The number of hydrogen-bond donors (Lipinski definition) is 1. The summed E-state index contributed by atoms with van der Waals surface area (Å²) in [4.78, 5) is 8.09. The van der Waals surface area contributed by atoms with Crippen LogP contribution in [0.1, 0.15) is 5.56 Å². The molecule has 0 unspecified atom stereocenters. The van der Waals surface area contributed by atoms with Gasteiger partial charge in [0.2, 0.25) is 5.88 Å². The van der Waals surface area contributed by atoms with E-state index in [2.05, 4.69) is 15.3 Å². The van der Waals surface area contributed by atoms with Crippen LogP contribution in [0.4, 0.5) is 0 Å². The fourth-order valence-corrected chi connectivity index (χ4v) is 1.47. The van der Waals surface area contributed by atoms with E-state index in [1.807, 2.05) is 31.3 Å². The Hall–Kier alpha value is -2.14. The van der Waals surface area contributed by atoms with Crippen molar-refractivity contribution in [1.82, 2.24) is 15.3 Å². The molecule has 94 valence electrons. The second-order valence-corrected chi connectivity index (χ2v) is 3.66. The maximum Gasteiger partial charge on any atom is 0.325 e. The molecule has 0 amide bonds. The third-order valence-corrected chi connectivity index (χ3v) is 2.33. The summed E-state index contributed by atoms with van der Waals surface area (Å²) in [5.74, 6) is 1.18. The van der Waals surface area contributed by atoms with E-state index >= 15 is 0 Å². The highest BCUT2D eigenvalue weighted by Gasteiger charge is 2.02. The zero-order valence-electron chi connectivity index (χ0n) is 10.4. The molecule has 18 heavy (non-hydrogen) atoms. The van der Waals surface area contributed by atoms with E-state index < -0.39 is 0 Å². The van der Waals surface area contributed by atoms with E-state index in [1.165, 1.54) is 5.56 Å². The molecule has 0 radical (unpaired) electrons. The van der Waals surface area contributed by atoms with Gasteiger partial charge in [0, 0.05) is 18.8 Å². The molecule has 0 spiro atoms. The number of aromatic nitrogens is 2. The topological polar surface area (TPSA) is 56.3 Å². The summed E-state index contributed by atoms with van der Waals surface area (Å²) in [5.41, 5.74) is 1.19. The average Bonchev–Trinajstić information content (AvgIpc) is 2.42. The molecular weight excluding hydrogens is 230 g/mol. The number of methoxy groups -OCH3 is 1. The molecule has 0 atom stereocenters. The lowest BCUT2D eigenvalue weighted by atomic mass is 10.2. The Labute approximate surface area is 106 Å². The van der Waals surface area contributed by atoms with Crippen molar-refractivity contribution in [1.29, 1.82) is 0 Å². The minimum Gasteiger partial charge on any atom is -0.481 e. The van der Waals surface area contributed by atoms with Gasteiger partial charge in [0.05, 0.1) is 7.11 Å². The van der Waals surface area contributed by atoms with Gasteiger partial charge in [-0.15, -0.1) is 0 Å². The zero-order valence-corrected chi connectivity index (χ0v) is 10.4. The number of nitrogens with one attached hydrogen (secondary N) is 1. The van der Waals surface area contributed by atoms with Crippen LogP contribution in [0.2, 0.25) is 0 Å². The molecular formula is C13H15N3O2. The summed E-state index contributed by atoms with van der Waals surface area (Å²) in [7, 11) is 3.47. The second-order valence-electron chi connectivity index (χ2n) is 3.66. The normalized spacial score (nSPS) is 10.1. The van der Waals surface area contributed by atoms with Crippen molar-refractivity contribution in [3.05, 3.63) is 42.1 Å². The summed E-state index contributed by atoms with van der Waals surface area (Å²) in [6.07, 6.45) is 1.59. The first kappa shape index (κ1) is 12.3. The summed E-state index contributed by atoms with van der Waals surface area (Å²) < 4.78 is 10.5. The van der Waals surface area contributed by atoms with Crippen LogP contribution in [0.5, 0.6) is 17.6 Å². The molecule has 0 aliphatic rings. The minimum atomic E-state index is 0.274. The van der Waals surface area contributed by atoms with E-state index in [0.29, 0.717) is 11.6 Å². The van der Waals surface area contributed by atoms with Gasteiger partial charge in [0.15, 0.2) is 0 Å². The first-order valence-corrected chi connectivity index (χ1v) is 5.60. The lowest BCUT2D eigenvalue weighted by Gasteiger charge is -2.06. The van der Waals surface area contributed by atoms with Crippen LogP contribution in [-0.2, 0) is 6.54 Å². The summed E-state index contributed by atoms with van der Waals surface area (Å²) in [5, 5.41) is 3.09. The molecule has 0 aliphatic heterocycles. The number of nitrogens with zero attached hydrogens (tertiary/aromatic N) is 2. The van der Waals surface area contributed by atoms with Gasteiger partial charge in [-0.05, 0) is 24.7 Å². The van der Waals surface area contributed by atoms with Crippen LogP contribution >= 0.6 is 0 Å². The van der Waals surface area contributed by atoms with Gasteiger partial charge >= 0.3 is 6.01 Å². The molecule has 0 bridgehead atoms. The van der Waals surface area contributed by atoms with Gasteiger partial charge in [-0.3, -0.25) is 0 Å². The molecule has 0 saturated carbocycles. The van der Waals surface area contributed by atoms with E-state index in [0.717, 1.165) is 6.54 Å². The highest BCUT2D eigenvalue weighted by Crippen LogP contribution is 2.19. The van der Waals surface area contributed by atoms with E-state index in [4.69, 9.17) is 9.47 Å². The van der Waals surface area contributed by atoms with Gasteiger partial charge in [-0.2, -0.15) is 4.98 Å². The molecule has 5 nitrogen and oxygen atoms in total. The van der Waals surface area contributed by atoms with Crippen molar-refractivity contribution in [2.45, 2.75) is 6.54 Å². The lowest BCUT2D eigenvalue weighted by Crippen LogP contribution is -2.04. The van der Waals surface area contributed by atoms with Gasteiger partial charge in [0.1, 0.15) is 5.75 Å². The third kappa shape index (κ3) is 3.18. The largest absolute Gasteiger partial charge is 0.481 e. The van der Waals surface area contributed by atoms with Crippen molar-refractivity contribution >= 4 is 0 Å². The van der Waals surface area contributed by atoms with E-state index in [1.54, 1.807) is 19.4 Å². The van der Waals surface area contributed by atoms with Crippen LogP contribution in [0.3, 0.4) is 0 Å². The predicted octanol–water partition coefficient (Wildman–Crippen LogP) is 2.00. The third-order valence-electron chi connectivity index (χ3n) is 2.33. The molecule has 1 aromatic carbocycles. The standard InChI is InChI=1S/C13H15N3O2/c1-14-9-10-3-5-11(6-4-10)18-13-15-8-7-12(16-13)17-2/h3-8,14H,9H2,1-2H3. The molecule has 0 fully saturated rings. The maximum absolute atomic E-state index is 5.53. The smallest absolute Gasteiger partial charge is 0.325 e. The Kier molecular flexibility index (Phi) is 4.09. The zero-order chi connectivity index (χ0) is 12.8. The summed E-state index contributed by atoms with van der Waals surface area (Å²) >= 11 is 0. The van der Waals surface area contributed by atoms with Crippen molar-refractivity contribution in [3.8, 4) is 17.6 Å². The van der Waals surface area contributed by atoms with Gasteiger partial charge in [0.25, 0.3) is 0 Å². The summed E-state index contributed by atoms with van der Waals surface area (Å²) in [6, 6.07) is 9.70. The number of benzene rings is 1. The SMILES string of the molecule is CNCc1ccc(Oc2nccc(OC)n2)cc1. The van der Waals surface area contributed by atoms with Crippen LogP contribution in [0.15, 0.2) is 36.5 Å². The average molecular weight is 245 g/mol. The molecule has 1 heterocycles. The molecule has 2 rings (SSSR count). The Balaban J connectivity index is 2.08. The monoisotopic (exact) mass is 245 g/mol. The van der Waals surface area contributed by atoms with Crippen LogP contribution < -0.4 is 14.8 Å². The Morgan fingerprint density at radius 3 is 2.61 bits per heavy atom. The van der Waals surface area contributed by atoms with E-state index in [-0.39, 0.29) is 6.01 Å². The van der Waals surface area contributed by atoms with Crippen molar-refractivity contribution in [2.75, 3.05) is 14.2 Å². The van der Waals surface area contributed by atoms with Crippen LogP contribution in [0, 0.1) is 0 Å². The quantitative estimate of drug-likeness (QED) is 0.873. The van der Waals surface area contributed by atoms with Crippen molar-refractivity contribution in [2.24, 2.45) is 0 Å². The lowest BCUT2D eigenvalue weighted by molar-refractivity contribution is 0.376. The fourth-order valence-electron chi connectivity index (χ4n) is 1.47. The number of ether oxygens (including phenoxy) is 2. The molecule has 1 N–H and O–H groups in total. The van der Waals surface area contributed by atoms with Crippen LogP contribution in [-0.4, -0.2) is 24.1 Å². The number of rotatable bonds is 5. The van der Waals surface area contributed by atoms with Gasteiger partial charge in [-0.25, -0.2) is 4.98 Å².